The molecule has 3 heterocycles. The Balaban J connectivity index is 1.18. The van der Waals surface area contributed by atoms with Crippen LogP contribution in [0.15, 0.2) is 227 Å². The van der Waals surface area contributed by atoms with Gasteiger partial charge in [0.05, 0.1) is 11.4 Å². The normalized spacial score (nSPS) is 11.5. The molecule has 0 saturated heterocycles. The Bertz CT molecular complexity index is 3480. The number of hydrogen-bond acceptors (Lipinski definition) is 4. The highest BCUT2D eigenvalue weighted by molar-refractivity contribution is 6.11. The van der Waals surface area contributed by atoms with Crippen LogP contribution in [0.2, 0.25) is 0 Å². The molecule has 290 valence electrons. The topological polar surface area (TPSA) is 52.1 Å². The summed E-state index contributed by atoms with van der Waals surface area (Å²) in [5, 5.41) is 4.21. The molecule has 0 aliphatic rings. The lowest BCUT2D eigenvalue weighted by atomic mass is 9.86. The SMILES string of the molecule is c1ccc(-c2ccc(-c3c(-c4ccccc4)cc(-c4ccccc4)cc3-c3nc(-c4cccc5c4oc4ccccc45)cc(-c4cccc5c4oc4ccccc45)n3)cc2)cc1. The quantitative estimate of drug-likeness (QED) is 0.161. The van der Waals surface area contributed by atoms with Crippen LogP contribution in [-0.4, -0.2) is 9.97 Å². The van der Waals surface area contributed by atoms with Gasteiger partial charge in [0.25, 0.3) is 0 Å². The molecule has 0 unspecified atom stereocenters. The fourth-order valence-electron chi connectivity index (χ4n) is 8.97. The second-order valence-corrected chi connectivity index (χ2v) is 15.6. The summed E-state index contributed by atoms with van der Waals surface area (Å²) in [6.07, 6.45) is 0. The van der Waals surface area contributed by atoms with Crippen molar-refractivity contribution in [1.82, 2.24) is 9.97 Å². The smallest absolute Gasteiger partial charge is 0.161 e. The van der Waals surface area contributed by atoms with Crippen LogP contribution in [0.3, 0.4) is 0 Å². The molecule has 62 heavy (non-hydrogen) atoms. The van der Waals surface area contributed by atoms with Crippen molar-refractivity contribution in [3.05, 3.63) is 218 Å². The number of fused-ring (bicyclic) bond motifs is 6. The van der Waals surface area contributed by atoms with Crippen LogP contribution in [0.4, 0.5) is 0 Å². The van der Waals surface area contributed by atoms with Crippen molar-refractivity contribution < 1.29 is 8.83 Å². The van der Waals surface area contributed by atoms with Gasteiger partial charge < -0.3 is 8.83 Å². The van der Waals surface area contributed by atoms with Gasteiger partial charge >= 0.3 is 0 Å². The lowest BCUT2D eigenvalue weighted by Gasteiger charge is -2.19. The standard InChI is InChI=1S/C58H36N2O2/c1-4-16-37(17-5-1)39-30-32-41(33-31-39)55-49(40-20-8-3-9-21-40)34-42(38-18-6-2-7-19-38)35-50(55)58-59-51(47-26-14-24-45-43-22-10-12-28-53(43)61-56(45)47)36-52(60-58)48-27-15-25-46-44-23-11-13-29-54(44)62-57(46)48/h1-36H. The molecular formula is C58H36N2O2. The molecule has 0 saturated carbocycles. The second-order valence-electron chi connectivity index (χ2n) is 15.6. The largest absolute Gasteiger partial charge is 0.455 e. The molecule has 4 nitrogen and oxygen atoms in total. The number of aromatic nitrogens is 2. The highest BCUT2D eigenvalue weighted by atomic mass is 16.3. The van der Waals surface area contributed by atoms with Gasteiger partial charge in [-0.05, 0) is 81.4 Å². The molecule has 0 N–H and O–H groups in total. The second kappa shape index (κ2) is 14.7. The first kappa shape index (κ1) is 35.6. The molecule has 0 bridgehead atoms. The molecule has 0 fully saturated rings. The average Bonchev–Trinajstić information content (AvgIpc) is 3.93. The van der Waals surface area contributed by atoms with Crippen molar-refractivity contribution >= 4 is 43.9 Å². The molecule has 0 radical (unpaired) electrons. The van der Waals surface area contributed by atoms with Gasteiger partial charge in [0, 0.05) is 43.8 Å². The van der Waals surface area contributed by atoms with Crippen molar-refractivity contribution in [3.63, 3.8) is 0 Å². The summed E-state index contributed by atoms with van der Waals surface area (Å²) in [4.78, 5) is 11.1. The summed E-state index contributed by atoms with van der Waals surface area (Å²) >= 11 is 0. The Morgan fingerprint density at radius 2 is 0.694 bits per heavy atom. The zero-order valence-electron chi connectivity index (χ0n) is 33.5. The van der Waals surface area contributed by atoms with Gasteiger partial charge in [-0.15, -0.1) is 0 Å². The predicted octanol–water partition coefficient (Wildman–Crippen LogP) is 15.9. The maximum absolute atomic E-state index is 6.65. The van der Waals surface area contributed by atoms with E-state index in [-0.39, 0.29) is 0 Å². The maximum atomic E-state index is 6.65. The van der Waals surface area contributed by atoms with Gasteiger partial charge in [-0.25, -0.2) is 9.97 Å². The Hall–Kier alpha value is -8.34. The highest BCUT2D eigenvalue weighted by Crippen LogP contribution is 2.45. The van der Waals surface area contributed by atoms with Crippen LogP contribution in [-0.2, 0) is 0 Å². The van der Waals surface area contributed by atoms with E-state index in [1.807, 2.05) is 24.3 Å². The van der Waals surface area contributed by atoms with Gasteiger partial charge in [0.15, 0.2) is 5.82 Å². The fourth-order valence-corrected chi connectivity index (χ4v) is 8.97. The minimum Gasteiger partial charge on any atom is -0.455 e. The molecule has 0 aliphatic carbocycles. The minimum atomic E-state index is 0.593. The van der Waals surface area contributed by atoms with E-state index < -0.39 is 0 Å². The van der Waals surface area contributed by atoms with Crippen LogP contribution < -0.4 is 0 Å². The van der Waals surface area contributed by atoms with Crippen molar-refractivity contribution in [2.24, 2.45) is 0 Å². The molecule has 4 heteroatoms. The van der Waals surface area contributed by atoms with Crippen LogP contribution in [0.25, 0.3) is 122 Å². The van der Waals surface area contributed by atoms with E-state index >= 15 is 0 Å². The third-order valence-corrected chi connectivity index (χ3v) is 11.9. The summed E-state index contributed by atoms with van der Waals surface area (Å²) in [6.45, 7) is 0. The van der Waals surface area contributed by atoms with E-state index in [4.69, 9.17) is 18.8 Å². The Kier molecular flexibility index (Phi) is 8.46. The van der Waals surface area contributed by atoms with E-state index in [0.29, 0.717) is 5.82 Å². The zero-order valence-corrected chi connectivity index (χ0v) is 33.5. The average molecular weight is 793 g/mol. The van der Waals surface area contributed by atoms with Gasteiger partial charge in [-0.2, -0.15) is 0 Å². The van der Waals surface area contributed by atoms with Gasteiger partial charge in [-0.1, -0.05) is 176 Å². The van der Waals surface area contributed by atoms with E-state index in [2.05, 4.69) is 194 Å². The van der Waals surface area contributed by atoms with Gasteiger partial charge in [-0.3, -0.25) is 0 Å². The fraction of sp³-hybridized carbons (Fsp3) is 0. The Morgan fingerprint density at radius 3 is 1.24 bits per heavy atom. The van der Waals surface area contributed by atoms with Crippen molar-refractivity contribution in [3.8, 4) is 78.4 Å². The predicted molar refractivity (Wildman–Crippen MR) is 255 cm³/mol. The summed E-state index contributed by atoms with van der Waals surface area (Å²) in [6, 6.07) is 76.2. The molecule has 0 aliphatic heterocycles. The molecule has 0 atom stereocenters. The van der Waals surface area contributed by atoms with Gasteiger partial charge in [0.1, 0.15) is 22.3 Å². The van der Waals surface area contributed by atoms with E-state index in [1.165, 1.54) is 5.56 Å². The molecule has 12 rings (SSSR count). The lowest BCUT2D eigenvalue weighted by molar-refractivity contribution is 0.669. The van der Waals surface area contributed by atoms with Crippen molar-refractivity contribution in [2.45, 2.75) is 0 Å². The number of para-hydroxylation sites is 4. The zero-order chi connectivity index (χ0) is 41.0. The first-order chi connectivity index (χ1) is 30.7. The Morgan fingerprint density at radius 1 is 0.274 bits per heavy atom. The minimum absolute atomic E-state index is 0.593. The lowest BCUT2D eigenvalue weighted by Crippen LogP contribution is -2.00. The third-order valence-electron chi connectivity index (χ3n) is 11.9. The molecule has 0 spiro atoms. The number of nitrogens with zero attached hydrogens (tertiary/aromatic N) is 2. The summed E-state index contributed by atoms with van der Waals surface area (Å²) in [5.74, 6) is 0.593. The number of rotatable bonds is 7. The van der Waals surface area contributed by atoms with E-state index in [9.17, 15) is 0 Å². The maximum Gasteiger partial charge on any atom is 0.161 e. The number of benzene rings is 9. The summed E-state index contributed by atoms with van der Waals surface area (Å²) in [5.41, 5.74) is 16.2. The molecule has 3 aromatic heterocycles. The Labute approximate surface area is 358 Å². The van der Waals surface area contributed by atoms with Crippen LogP contribution in [0, 0.1) is 0 Å². The van der Waals surface area contributed by atoms with Crippen molar-refractivity contribution in [2.75, 3.05) is 0 Å². The summed E-state index contributed by atoms with van der Waals surface area (Å²) in [7, 11) is 0. The third kappa shape index (κ3) is 6.08. The number of furan rings is 2. The highest BCUT2D eigenvalue weighted by Gasteiger charge is 2.23. The van der Waals surface area contributed by atoms with E-state index in [1.54, 1.807) is 0 Å². The monoisotopic (exact) mass is 792 g/mol. The van der Waals surface area contributed by atoms with Crippen molar-refractivity contribution in [1.29, 1.82) is 0 Å². The molecule has 9 aromatic carbocycles. The van der Waals surface area contributed by atoms with Crippen LogP contribution in [0.5, 0.6) is 0 Å². The van der Waals surface area contributed by atoms with Crippen LogP contribution >= 0.6 is 0 Å². The molecule has 0 amide bonds. The first-order valence-electron chi connectivity index (χ1n) is 20.9. The van der Waals surface area contributed by atoms with Gasteiger partial charge in [0.2, 0.25) is 0 Å². The van der Waals surface area contributed by atoms with Crippen LogP contribution in [0.1, 0.15) is 0 Å². The molecular weight excluding hydrogens is 757 g/mol. The first-order valence-corrected chi connectivity index (χ1v) is 20.9. The van der Waals surface area contributed by atoms with E-state index in [0.717, 1.165) is 111 Å². The molecule has 12 aromatic rings. The number of hydrogen-bond donors (Lipinski definition) is 0. The summed E-state index contributed by atoms with van der Waals surface area (Å²) < 4.78 is 13.3.